The molecule has 178 valence electrons. The van der Waals surface area contributed by atoms with Crippen LogP contribution in [-0.2, 0) is 16.5 Å². The molecule has 0 spiro atoms. The first-order valence-electron chi connectivity index (χ1n) is 11.6. The third kappa shape index (κ3) is 5.33. The highest BCUT2D eigenvalue weighted by Gasteiger charge is 2.18. The fourth-order valence-electron chi connectivity index (χ4n) is 4.26. The molecular weight excluding hydrogens is 432 g/mol. The molecule has 8 nitrogen and oxygen atoms in total. The molecule has 1 aromatic heterocycles. The predicted octanol–water partition coefficient (Wildman–Crippen LogP) is 4.39. The minimum atomic E-state index is -0.491. The SMILES string of the molecule is CCOC(=O)Nc1ccc(-c2c(C#N)c3ccc(OCCCN4CCOCC4)cc3n2C)cc1. The Morgan fingerprint density at radius 3 is 2.65 bits per heavy atom. The first kappa shape index (κ1) is 23.6. The number of morpholine rings is 1. The van der Waals surface area contributed by atoms with E-state index in [0.717, 1.165) is 67.2 Å². The first-order chi connectivity index (χ1) is 16.6. The Kier molecular flexibility index (Phi) is 7.68. The van der Waals surface area contributed by atoms with Gasteiger partial charge in [-0.3, -0.25) is 10.2 Å². The molecule has 2 aromatic carbocycles. The van der Waals surface area contributed by atoms with Gasteiger partial charge < -0.3 is 18.8 Å². The summed E-state index contributed by atoms with van der Waals surface area (Å²) < 4.78 is 18.3. The molecule has 1 fully saturated rings. The number of aromatic nitrogens is 1. The van der Waals surface area contributed by atoms with Gasteiger partial charge in [0.05, 0.1) is 43.2 Å². The fourth-order valence-corrected chi connectivity index (χ4v) is 4.26. The number of carbonyl (C=O) groups excluding carboxylic acids is 1. The number of fused-ring (bicyclic) bond motifs is 1. The number of benzene rings is 2. The summed E-state index contributed by atoms with van der Waals surface area (Å²) in [6, 6.07) is 15.6. The van der Waals surface area contributed by atoms with Crippen LogP contribution < -0.4 is 10.1 Å². The van der Waals surface area contributed by atoms with Gasteiger partial charge in [0, 0.05) is 43.8 Å². The van der Waals surface area contributed by atoms with E-state index in [2.05, 4.69) is 16.3 Å². The van der Waals surface area contributed by atoms with Gasteiger partial charge in [0.1, 0.15) is 11.8 Å². The molecule has 0 atom stereocenters. The smallest absolute Gasteiger partial charge is 0.411 e. The van der Waals surface area contributed by atoms with E-state index in [-0.39, 0.29) is 0 Å². The van der Waals surface area contributed by atoms with E-state index in [1.54, 1.807) is 19.1 Å². The molecule has 1 N–H and O–H groups in total. The lowest BCUT2D eigenvalue weighted by molar-refractivity contribution is 0.0358. The maximum atomic E-state index is 11.6. The number of aryl methyl sites for hydroxylation is 1. The van der Waals surface area contributed by atoms with Gasteiger partial charge in [0.2, 0.25) is 0 Å². The van der Waals surface area contributed by atoms with E-state index in [1.807, 2.05) is 41.9 Å². The van der Waals surface area contributed by atoms with E-state index in [9.17, 15) is 10.1 Å². The third-order valence-corrected chi connectivity index (χ3v) is 5.96. The summed E-state index contributed by atoms with van der Waals surface area (Å²) in [5.74, 6) is 0.792. The van der Waals surface area contributed by atoms with Crippen molar-refractivity contribution < 1.29 is 19.0 Å². The van der Waals surface area contributed by atoms with E-state index >= 15 is 0 Å². The van der Waals surface area contributed by atoms with Crippen LogP contribution in [0.15, 0.2) is 42.5 Å². The van der Waals surface area contributed by atoms with E-state index in [1.165, 1.54) is 0 Å². The van der Waals surface area contributed by atoms with Gasteiger partial charge in [0.15, 0.2) is 0 Å². The molecule has 34 heavy (non-hydrogen) atoms. The van der Waals surface area contributed by atoms with Gasteiger partial charge in [-0.1, -0.05) is 12.1 Å². The zero-order valence-electron chi connectivity index (χ0n) is 19.7. The number of hydrogen-bond acceptors (Lipinski definition) is 6. The van der Waals surface area contributed by atoms with Crippen molar-refractivity contribution in [2.75, 3.05) is 51.4 Å². The molecule has 1 saturated heterocycles. The second-order valence-corrected chi connectivity index (χ2v) is 8.15. The Bertz CT molecular complexity index is 1170. The van der Waals surface area contributed by atoms with Crippen LogP contribution in [0, 0.1) is 11.3 Å². The molecule has 0 bridgehead atoms. The van der Waals surface area contributed by atoms with Crippen LogP contribution in [0.2, 0.25) is 0 Å². The van der Waals surface area contributed by atoms with E-state index in [0.29, 0.717) is 24.5 Å². The summed E-state index contributed by atoms with van der Waals surface area (Å²) in [7, 11) is 1.95. The standard InChI is InChI=1S/C26H30N4O4/c1-3-33-26(31)28-20-7-5-19(6-8-20)25-23(18-27)22-10-9-21(17-24(22)29(25)2)34-14-4-11-30-12-15-32-16-13-30/h5-10,17H,3-4,11-16H2,1-2H3,(H,28,31). The van der Waals surface area contributed by atoms with Crippen molar-refractivity contribution in [2.45, 2.75) is 13.3 Å². The molecule has 2 heterocycles. The molecule has 1 amide bonds. The van der Waals surface area contributed by atoms with Gasteiger partial charge in [-0.05, 0) is 43.2 Å². The van der Waals surface area contributed by atoms with Crippen molar-refractivity contribution in [1.29, 1.82) is 5.26 Å². The molecule has 0 saturated carbocycles. The van der Waals surface area contributed by atoms with Crippen LogP contribution in [0.5, 0.6) is 5.75 Å². The molecule has 0 unspecified atom stereocenters. The van der Waals surface area contributed by atoms with Crippen LogP contribution in [0.4, 0.5) is 10.5 Å². The summed E-state index contributed by atoms with van der Waals surface area (Å²) in [6.07, 6.45) is 0.460. The lowest BCUT2D eigenvalue weighted by Crippen LogP contribution is -2.37. The van der Waals surface area contributed by atoms with Crippen LogP contribution in [-0.4, -0.2) is 61.6 Å². The molecular formula is C26H30N4O4. The summed E-state index contributed by atoms with van der Waals surface area (Å²) >= 11 is 0. The highest BCUT2D eigenvalue weighted by molar-refractivity contribution is 5.95. The molecule has 1 aliphatic rings. The van der Waals surface area contributed by atoms with Gasteiger partial charge in [0.25, 0.3) is 0 Å². The third-order valence-electron chi connectivity index (χ3n) is 5.96. The number of nitrogens with one attached hydrogen (secondary N) is 1. The average molecular weight is 463 g/mol. The van der Waals surface area contributed by atoms with Crippen LogP contribution >= 0.6 is 0 Å². The lowest BCUT2D eigenvalue weighted by atomic mass is 10.1. The first-order valence-corrected chi connectivity index (χ1v) is 11.6. The lowest BCUT2D eigenvalue weighted by Gasteiger charge is -2.26. The Morgan fingerprint density at radius 1 is 1.18 bits per heavy atom. The number of amides is 1. The number of anilines is 1. The number of nitrogens with zero attached hydrogens (tertiary/aromatic N) is 3. The normalized spacial score (nSPS) is 14.0. The van der Waals surface area contributed by atoms with Gasteiger partial charge in [-0.25, -0.2) is 4.79 Å². The number of ether oxygens (including phenoxy) is 3. The average Bonchev–Trinajstić information content (AvgIpc) is 3.14. The number of hydrogen-bond donors (Lipinski definition) is 1. The summed E-state index contributed by atoms with van der Waals surface area (Å²) in [4.78, 5) is 14.0. The summed E-state index contributed by atoms with van der Waals surface area (Å²) in [5, 5.41) is 13.5. The Hall–Kier alpha value is -3.54. The molecule has 4 rings (SSSR count). The monoisotopic (exact) mass is 462 g/mol. The minimum Gasteiger partial charge on any atom is -0.493 e. The van der Waals surface area contributed by atoms with Gasteiger partial charge in [-0.15, -0.1) is 0 Å². The predicted molar refractivity (Wildman–Crippen MR) is 131 cm³/mol. The van der Waals surface area contributed by atoms with Gasteiger partial charge >= 0.3 is 6.09 Å². The zero-order valence-corrected chi connectivity index (χ0v) is 19.7. The zero-order chi connectivity index (χ0) is 23.9. The van der Waals surface area contributed by atoms with Crippen molar-refractivity contribution in [2.24, 2.45) is 7.05 Å². The van der Waals surface area contributed by atoms with Crippen molar-refractivity contribution in [3.63, 3.8) is 0 Å². The topological polar surface area (TPSA) is 88.8 Å². The maximum absolute atomic E-state index is 11.6. The molecule has 1 aliphatic heterocycles. The highest BCUT2D eigenvalue weighted by atomic mass is 16.5. The molecule has 3 aromatic rings. The van der Waals surface area contributed by atoms with Crippen molar-refractivity contribution >= 4 is 22.7 Å². The van der Waals surface area contributed by atoms with E-state index in [4.69, 9.17) is 14.2 Å². The summed E-state index contributed by atoms with van der Waals surface area (Å²) in [6.45, 7) is 7.28. The molecule has 8 heteroatoms. The number of carbonyl (C=O) groups is 1. The fraction of sp³-hybridized carbons (Fsp3) is 0.385. The van der Waals surface area contributed by atoms with Gasteiger partial charge in [-0.2, -0.15) is 5.26 Å². The van der Waals surface area contributed by atoms with Crippen LogP contribution in [0.1, 0.15) is 18.9 Å². The van der Waals surface area contributed by atoms with Crippen molar-refractivity contribution in [3.05, 3.63) is 48.0 Å². The Labute approximate surface area is 199 Å². The Morgan fingerprint density at radius 2 is 1.94 bits per heavy atom. The Balaban J connectivity index is 1.49. The number of rotatable bonds is 8. The second-order valence-electron chi connectivity index (χ2n) is 8.15. The largest absolute Gasteiger partial charge is 0.493 e. The minimum absolute atomic E-state index is 0.310. The number of nitriles is 1. The second kappa shape index (κ2) is 11.1. The summed E-state index contributed by atoms with van der Waals surface area (Å²) in [5.41, 5.74) is 3.89. The van der Waals surface area contributed by atoms with Crippen LogP contribution in [0.3, 0.4) is 0 Å². The van der Waals surface area contributed by atoms with Crippen molar-refractivity contribution in [3.8, 4) is 23.1 Å². The molecule has 0 aliphatic carbocycles. The van der Waals surface area contributed by atoms with E-state index < -0.39 is 6.09 Å². The van der Waals surface area contributed by atoms with Crippen molar-refractivity contribution in [1.82, 2.24) is 9.47 Å². The van der Waals surface area contributed by atoms with Crippen LogP contribution in [0.25, 0.3) is 22.2 Å². The maximum Gasteiger partial charge on any atom is 0.411 e. The molecule has 0 radical (unpaired) electrons. The quantitative estimate of drug-likeness (QED) is 0.500. The highest BCUT2D eigenvalue weighted by Crippen LogP contribution is 2.35.